The van der Waals surface area contributed by atoms with Gasteiger partial charge in [-0.2, -0.15) is 4.31 Å². The molecule has 0 amide bonds. The Hall–Kier alpha value is -0.980. The third-order valence-corrected chi connectivity index (χ3v) is 6.11. The lowest BCUT2D eigenvalue weighted by Gasteiger charge is -2.24. The number of nitrogens with zero attached hydrogens (tertiary/aromatic N) is 1. The van der Waals surface area contributed by atoms with Crippen LogP contribution in [-0.2, 0) is 16.6 Å². The third kappa shape index (κ3) is 3.81. The van der Waals surface area contributed by atoms with Crippen LogP contribution in [0.5, 0.6) is 0 Å². The summed E-state index contributed by atoms with van der Waals surface area (Å²) in [6, 6.07) is 4.34. The maximum atomic E-state index is 13.5. The average Bonchev–Trinajstić information content (AvgIpc) is 3.28. The fourth-order valence-corrected chi connectivity index (χ4v) is 3.77. The Morgan fingerprint density at radius 2 is 2.10 bits per heavy atom. The van der Waals surface area contributed by atoms with E-state index in [1.165, 1.54) is 10.4 Å². The van der Waals surface area contributed by atoms with E-state index in [9.17, 15) is 12.8 Å². The summed E-state index contributed by atoms with van der Waals surface area (Å²) in [5.74, 6) is -0.527. The highest BCUT2D eigenvalue weighted by Crippen LogP contribution is 2.25. The number of nitrogens with one attached hydrogen (secondary N) is 1. The minimum Gasteiger partial charge on any atom is -0.310 e. The molecule has 0 saturated heterocycles. The SMILES string of the molecule is CCC(C)N(C)S(=O)(=O)c1cc(F)ccc1CNC1CC1. The highest BCUT2D eigenvalue weighted by molar-refractivity contribution is 7.89. The summed E-state index contributed by atoms with van der Waals surface area (Å²) in [4.78, 5) is 0.0680. The van der Waals surface area contributed by atoms with E-state index < -0.39 is 15.8 Å². The molecule has 1 aromatic carbocycles. The Balaban J connectivity index is 2.32. The molecule has 1 N–H and O–H groups in total. The number of halogens is 1. The molecule has 1 aromatic rings. The Labute approximate surface area is 126 Å². The lowest BCUT2D eigenvalue weighted by Crippen LogP contribution is -2.35. The number of rotatable bonds is 7. The molecule has 0 heterocycles. The van der Waals surface area contributed by atoms with E-state index in [0.29, 0.717) is 24.6 Å². The average molecular weight is 314 g/mol. The lowest BCUT2D eigenvalue weighted by atomic mass is 10.2. The number of hydrogen-bond donors (Lipinski definition) is 1. The van der Waals surface area contributed by atoms with Crippen LogP contribution in [0.3, 0.4) is 0 Å². The molecule has 1 aliphatic carbocycles. The van der Waals surface area contributed by atoms with Crippen LogP contribution < -0.4 is 5.32 Å². The molecule has 2 rings (SSSR count). The standard InChI is InChI=1S/C15H23FN2O2S/c1-4-11(2)18(3)21(19,20)15-9-13(16)6-5-12(15)10-17-14-7-8-14/h5-6,9,11,14,17H,4,7-8,10H2,1-3H3. The molecule has 1 fully saturated rings. The van der Waals surface area contributed by atoms with E-state index in [4.69, 9.17) is 0 Å². The van der Waals surface area contributed by atoms with Crippen LogP contribution in [0, 0.1) is 5.82 Å². The summed E-state index contributed by atoms with van der Waals surface area (Å²) in [7, 11) is -2.13. The number of benzene rings is 1. The molecule has 0 bridgehead atoms. The Kier molecular flexibility index (Phi) is 5.01. The maximum Gasteiger partial charge on any atom is 0.243 e. The Morgan fingerprint density at radius 3 is 2.67 bits per heavy atom. The van der Waals surface area contributed by atoms with Gasteiger partial charge in [0.25, 0.3) is 0 Å². The van der Waals surface area contributed by atoms with Crippen molar-refractivity contribution in [3.63, 3.8) is 0 Å². The van der Waals surface area contributed by atoms with Crippen LogP contribution in [0.2, 0.25) is 0 Å². The van der Waals surface area contributed by atoms with Crippen LogP contribution in [0.4, 0.5) is 4.39 Å². The zero-order valence-electron chi connectivity index (χ0n) is 12.8. The summed E-state index contributed by atoms with van der Waals surface area (Å²) < 4.78 is 40.2. The van der Waals surface area contributed by atoms with Crippen LogP contribution in [0.25, 0.3) is 0 Å². The van der Waals surface area contributed by atoms with Crippen molar-refractivity contribution in [2.45, 2.75) is 56.6 Å². The summed E-state index contributed by atoms with van der Waals surface area (Å²) in [5.41, 5.74) is 0.624. The second kappa shape index (κ2) is 6.42. The van der Waals surface area contributed by atoms with E-state index in [0.717, 1.165) is 18.9 Å². The van der Waals surface area contributed by atoms with E-state index in [2.05, 4.69) is 5.32 Å². The molecule has 118 valence electrons. The second-order valence-electron chi connectivity index (χ2n) is 5.69. The molecule has 1 aliphatic rings. The first-order valence-corrected chi connectivity index (χ1v) is 8.80. The quantitative estimate of drug-likeness (QED) is 0.841. The smallest absolute Gasteiger partial charge is 0.243 e. The molecule has 4 nitrogen and oxygen atoms in total. The van der Waals surface area contributed by atoms with Crippen LogP contribution >= 0.6 is 0 Å². The molecular formula is C15H23FN2O2S. The molecule has 0 radical (unpaired) electrons. The molecular weight excluding hydrogens is 291 g/mol. The van der Waals surface area contributed by atoms with Crippen molar-refractivity contribution in [1.82, 2.24) is 9.62 Å². The molecule has 0 aliphatic heterocycles. The van der Waals surface area contributed by atoms with Gasteiger partial charge < -0.3 is 5.32 Å². The maximum absolute atomic E-state index is 13.5. The van der Waals surface area contributed by atoms with Crippen LogP contribution in [-0.4, -0.2) is 31.9 Å². The zero-order chi connectivity index (χ0) is 15.6. The summed E-state index contributed by atoms with van der Waals surface area (Å²) >= 11 is 0. The van der Waals surface area contributed by atoms with E-state index >= 15 is 0 Å². The van der Waals surface area contributed by atoms with E-state index in [-0.39, 0.29) is 10.9 Å². The van der Waals surface area contributed by atoms with Gasteiger partial charge in [-0.05, 0) is 43.9 Å². The highest BCUT2D eigenvalue weighted by Gasteiger charge is 2.28. The predicted molar refractivity (Wildman–Crippen MR) is 81.0 cm³/mol. The second-order valence-corrected chi connectivity index (χ2v) is 7.65. The summed E-state index contributed by atoms with van der Waals surface area (Å²) in [6.45, 7) is 4.23. The van der Waals surface area contributed by atoms with Gasteiger partial charge in [-0.25, -0.2) is 12.8 Å². The van der Waals surface area contributed by atoms with Gasteiger partial charge in [0, 0.05) is 25.7 Å². The summed E-state index contributed by atoms with van der Waals surface area (Å²) in [5, 5.41) is 3.28. The molecule has 0 aromatic heterocycles. The topological polar surface area (TPSA) is 49.4 Å². The first-order chi connectivity index (χ1) is 9.86. The van der Waals surface area contributed by atoms with Gasteiger partial charge >= 0.3 is 0 Å². The van der Waals surface area contributed by atoms with Gasteiger partial charge in [-0.3, -0.25) is 0 Å². The molecule has 1 saturated carbocycles. The minimum atomic E-state index is -3.68. The van der Waals surface area contributed by atoms with Gasteiger partial charge in [0.05, 0.1) is 4.90 Å². The van der Waals surface area contributed by atoms with Crippen molar-refractivity contribution >= 4 is 10.0 Å². The van der Waals surface area contributed by atoms with E-state index in [1.807, 2.05) is 13.8 Å². The molecule has 1 atom stereocenters. The molecule has 0 spiro atoms. The van der Waals surface area contributed by atoms with Gasteiger partial charge in [0.15, 0.2) is 0 Å². The number of sulfonamides is 1. The van der Waals surface area contributed by atoms with Gasteiger partial charge in [0.2, 0.25) is 10.0 Å². The normalized spacial score (nSPS) is 17.2. The number of hydrogen-bond acceptors (Lipinski definition) is 3. The first kappa shape index (κ1) is 16.4. The predicted octanol–water partition coefficient (Wildman–Crippen LogP) is 2.50. The Bertz CT molecular complexity index is 600. The zero-order valence-corrected chi connectivity index (χ0v) is 13.6. The monoisotopic (exact) mass is 314 g/mol. The van der Waals surface area contributed by atoms with Crippen molar-refractivity contribution < 1.29 is 12.8 Å². The highest BCUT2D eigenvalue weighted by atomic mass is 32.2. The summed E-state index contributed by atoms with van der Waals surface area (Å²) in [6.07, 6.45) is 2.95. The fraction of sp³-hybridized carbons (Fsp3) is 0.600. The molecule has 6 heteroatoms. The van der Waals surface area contributed by atoms with Crippen molar-refractivity contribution in [2.75, 3.05) is 7.05 Å². The third-order valence-electron chi connectivity index (χ3n) is 4.06. The fourth-order valence-electron chi connectivity index (χ4n) is 2.11. The van der Waals surface area contributed by atoms with Crippen molar-refractivity contribution in [2.24, 2.45) is 0 Å². The van der Waals surface area contributed by atoms with Gasteiger partial charge in [0.1, 0.15) is 5.82 Å². The van der Waals surface area contributed by atoms with E-state index in [1.54, 1.807) is 13.1 Å². The van der Waals surface area contributed by atoms with Crippen LogP contribution in [0.15, 0.2) is 23.1 Å². The van der Waals surface area contributed by atoms with Crippen molar-refractivity contribution in [3.05, 3.63) is 29.6 Å². The van der Waals surface area contributed by atoms with Gasteiger partial charge in [-0.1, -0.05) is 13.0 Å². The Morgan fingerprint density at radius 1 is 1.43 bits per heavy atom. The minimum absolute atomic E-state index is 0.0680. The van der Waals surface area contributed by atoms with Crippen molar-refractivity contribution in [3.8, 4) is 0 Å². The van der Waals surface area contributed by atoms with Crippen molar-refractivity contribution in [1.29, 1.82) is 0 Å². The van der Waals surface area contributed by atoms with Crippen LogP contribution in [0.1, 0.15) is 38.7 Å². The van der Waals surface area contributed by atoms with Gasteiger partial charge in [-0.15, -0.1) is 0 Å². The first-order valence-electron chi connectivity index (χ1n) is 7.36. The molecule has 1 unspecified atom stereocenters. The largest absolute Gasteiger partial charge is 0.310 e. The molecule has 21 heavy (non-hydrogen) atoms. The lowest BCUT2D eigenvalue weighted by molar-refractivity contribution is 0.380.